The van der Waals surface area contributed by atoms with Gasteiger partial charge in [-0.25, -0.2) is 0 Å². The molecule has 216 valence electrons. The molecule has 2 aromatic carbocycles. The molecule has 1 aliphatic heterocycles. The molecule has 0 aromatic heterocycles. The smallest absolute Gasteiger partial charge is 0.233 e. The number of methoxy groups -OCH3 is 1. The van der Waals surface area contributed by atoms with Crippen LogP contribution in [0.25, 0.3) is 0 Å². The number of amides is 2. The number of carbonyl (C=O) groups excluding carboxylic acids is 4. The van der Waals surface area contributed by atoms with Crippen molar-refractivity contribution in [3.05, 3.63) is 84.8 Å². The van der Waals surface area contributed by atoms with Crippen LogP contribution < -0.4 is 4.74 Å². The zero-order chi connectivity index (χ0) is 30.0. The average molecular weight is 697 g/mol. The first kappa shape index (κ1) is 28.6. The van der Waals surface area contributed by atoms with Gasteiger partial charge in [0.1, 0.15) is 5.75 Å². The van der Waals surface area contributed by atoms with Crippen molar-refractivity contribution in [1.82, 2.24) is 4.90 Å². The van der Waals surface area contributed by atoms with Gasteiger partial charge in [0.2, 0.25) is 11.8 Å². The third-order valence-corrected chi connectivity index (χ3v) is 11.1. The summed E-state index contributed by atoms with van der Waals surface area (Å²) in [5, 5.41) is 20.2. The summed E-state index contributed by atoms with van der Waals surface area (Å²) in [6.45, 7) is 1.83. The summed E-state index contributed by atoms with van der Waals surface area (Å²) in [6, 6.07) is 8.30. The van der Waals surface area contributed by atoms with E-state index in [1.165, 1.54) is 18.1 Å². The Morgan fingerprint density at radius 3 is 2.40 bits per heavy atom. The Morgan fingerprint density at radius 2 is 1.71 bits per heavy atom. The molecule has 2 N–H and O–H groups in total. The SMILES string of the molecule is COc1cc([C@H]2C3=CC[C@@H]4C(=O)N(CCc5ccc(O)cc5)C(=O)[C@@H]4[C@@H]3CC3=C2C(=O)C(C)=CC3=O)c(Br)c(Br)c1O. The molecule has 3 aliphatic carbocycles. The number of ketones is 2. The normalized spacial score (nSPS) is 25.2. The number of hydrogen-bond donors (Lipinski definition) is 2. The molecule has 4 aliphatic rings. The lowest BCUT2D eigenvalue weighted by molar-refractivity contribution is -0.140. The van der Waals surface area contributed by atoms with Crippen LogP contribution in [-0.2, 0) is 25.6 Å². The maximum atomic E-state index is 13.9. The number of hydrogen-bond acceptors (Lipinski definition) is 7. The third kappa shape index (κ3) is 4.38. The summed E-state index contributed by atoms with van der Waals surface area (Å²) in [4.78, 5) is 55.8. The fraction of sp³-hybridized carbons (Fsp3) is 0.312. The Hall–Kier alpha value is -3.50. The second kappa shape index (κ2) is 10.6. The highest BCUT2D eigenvalue weighted by molar-refractivity contribution is 9.13. The number of allylic oxidation sites excluding steroid dienone is 6. The van der Waals surface area contributed by atoms with Gasteiger partial charge in [0.25, 0.3) is 0 Å². The number of imide groups is 1. The van der Waals surface area contributed by atoms with E-state index in [2.05, 4.69) is 31.9 Å². The molecule has 0 saturated carbocycles. The molecule has 42 heavy (non-hydrogen) atoms. The Labute approximate surface area is 259 Å². The maximum Gasteiger partial charge on any atom is 0.233 e. The van der Waals surface area contributed by atoms with Crippen LogP contribution >= 0.6 is 31.9 Å². The zero-order valence-electron chi connectivity index (χ0n) is 22.8. The molecule has 1 heterocycles. The monoisotopic (exact) mass is 695 g/mol. The van der Waals surface area contributed by atoms with E-state index in [1.807, 2.05) is 6.08 Å². The number of ether oxygens (including phenoxy) is 1. The van der Waals surface area contributed by atoms with Gasteiger partial charge in [0.15, 0.2) is 23.1 Å². The van der Waals surface area contributed by atoms with Crippen LogP contribution in [0.5, 0.6) is 17.2 Å². The van der Waals surface area contributed by atoms with Crippen LogP contribution in [0, 0.1) is 17.8 Å². The summed E-state index contributed by atoms with van der Waals surface area (Å²) >= 11 is 7.00. The minimum atomic E-state index is -0.686. The first-order valence-corrected chi connectivity index (χ1v) is 15.2. The number of phenolic OH excluding ortho intramolecular Hbond substituents is 2. The molecule has 2 aromatic rings. The molecular formula is C32H27Br2NO7. The quantitative estimate of drug-likeness (QED) is 0.247. The van der Waals surface area contributed by atoms with Gasteiger partial charge < -0.3 is 14.9 Å². The predicted molar refractivity (Wildman–Crippen MR) is 160 cm³/mol. The third-order valence-electron chi connectivity index (χ3n) is 8.92. The van der Waals surface area contributed by atoms with Gasteiger partial charge >= 0.3 is 0 Å². The fourth-order valence-electron chi connectivity index (χ4n) is 6.88. The number of benzene rings is 2. The molecule has 8 nitrogen and oxygen atoms in total. The van der Waals surface area contributed by atoms with E-state index in [9.17, 15) is 29.4 Å². The second-order valence-corrected chi connectivity index (χ2v) is 12.7. The second-order valence-electron chi connectivity index (χ2n) is 11.1. The summed E-state index contributed by atoms with van der Waals surface area (Å²) in [5.41, 5.74) is 3.37. The number of carbonyl (C=O) groups is 4. The summed E-state index contributed by atoms with van der Waals surface area (Å²) in [6.07, 6.45) is 4.28. The van der Waals surface area contributed by atoms with Crippen molar-refractivity contribution < 1.29 is 34.1 Å². The van der Waals surface area contributed by atoms with Crippen molar-refractivity contribution in [3.8, 4) is 17.2 Å². The first-order chi connectivity index (χ1) is 20.0. The van der Waals surface area contributed by atoms with Gasteiger partial charge in [-0.2, -0.15) is 0 Å². The number of aromatic hydroxyl groups is 2. The van der Waals surface area contributed by atoms with Crippen molar-refractivity contribution in [2.45, 2.75) is 32.1 Å². The molecule has 0 unspecified atom stereocenters. The Balaban J connectivity index is 1.43. The van der Waals surface area contributed by atoms with Gasteiger partial charge in [-0.1, -0.05) is 23.8 Å². The van der Waals surface area contributed by atoms with E-state index in [0.717, 1.165) is 11.1 Å². The number of rotatable bonds is 5. The molecule has 6 rings (SSSR count). The Morgan fingerprint density at radius 1 is 1.00 bits per heavy atom. The van der Waals surface area contributed by atoms with Crippen molar-refractivity contribution in [2.75, 3.05) is 13.7 Å². The van der Waals surface area contributed by atoms with Crippen molar-refractivity contribution >= 4 is 55.2 Å². The summed E-state index contributed by atoms with van der Waals surface area (Å²) < 4.78 is 6.25. The molecule has 0 bridgehead atoms. The van der Waals surface area contributed by atoms with Gasteiger partial charge in [0.05, 0.1) is 23.4 Å². The van der Waals surface area contributed by atoms with E-state index < -0.39 is 23.7 Å². The molecule has 1 fully saturated rings. The number of nitrogens with zero attached hydrogens (tertiary/aromatic N) is 1. The van der Waals surface area contributed by atoms with E-state index in [4.69, 9.17) is 4.74 Å². The molecule has 1 saturated heterocycles. The largest absolute Gasteiger partial charge is 0.508 e. The van der Waals surface area contributed by atoms with Crippen molar-refractivity contribution in [1.29, 1.82) is 0 Å². The van der Waals surface area contributed by atoms with Crippen molar-refractivity contribution in [3.63, 3.8) is 0 Å². The lowest BCUT2D eigenvalue weighted by Gasteiger charge is -2.42. The summed E-state index contributed by atoms with van der Waals surface area (Å²) in [5.74, 6) is -3.16. The minimum absolute atomic E-state index is 0.115. The standard InChI is InChI=1S/C32H27Br2NO7/c1-14-11-22(37)20-12-19-17(24(26(20)29(14)38)21-13-23(42-2)30(39)28(34)27(21)33)7-8-18-25(19)32(41)35(31(18)40)10-9-15-3-5-16(36)6-4-15/h3-7,11,13,18-19,24-25,36,39H,8-10,12H2,1-2H3/t18-,19+,24+,25-/m0/s1. The van der Waals surface area contributed by atoms with Gasteiger partial charge in [-0.3, -0.25) is 24.1 Å². The lowest BCUT2D eigenvalue weighted by atomic mass is 9.59. The molecule has 0 spiro atoms. The van der Waals surface area contributed by atoms with Crippen LogP contribution in [0.3, 0.4) is 0 Å². The highest BCUT2D eigenvalue weighted by Gasteiger charge is 2.56. The minimum Gasteiger partial charge on any atom is -0.508 e. The number of fused-ring (bicyclic) bond motifs is 3. The van der Waals surface area contributed by atoms with Crippen LogP contribution in [0.1, 0.15) is 36.8 Å². The number of phenols is 2. The lowest BCUT2D eigenvalue weighted by Crippen LogP contribution is -2.40. The van der Waals surface area contributed by atoms with Gasteiger partial charge in [-0.15, -0.1) is 0 Å². The Kier molecular flexibility index (Phi) is 7.25. The van der Waals surface area contributed by atoms with E-state index in [1.54, 1.807) is 37.3 Å². The molecule has 4 atom stereocenters. The highest BCUT2D eigenvalue weighted by atomic mass is 79.9. The number of halogens is 2. The predicted octanol–water partition coefficient (Wildman–Crippen LogP) is 5.30. The molecule has 0 radical (unpaired) electrons. The van der Waals surface area contributed by atoms with E-state index in [0.29, 0.717) is 44.1 Å². The Bertz CT molecular complexity index is 1670. The average Bonchev–Trinajstić information content (AvgIpc) is 3.22. The molecular weight excluding hydrogens is 670 g/mol. The maximum absolute atomic E-state index is 13.9. The molecule has 2 amide bonds. The van der Waals surface area contributed by atoms with Crippen LogP contribution in [0.4, 0.5) is 0 Å². The van der Waals surface area contributed by atoms with E-state index >= 15 is 0 Å². The van der Waals surface area contributed by atoms with Gasteiger partial charge in [-0.05, 0) is 99.4 Å². The van der Waals surface area contributed by atoms with Crippen LogP contribution in [-0.4, -0.2) is 52.1 Å². The topological polar surface area (TPSA) is 121 Å². The van der Waals surface area contributed by atoms with Gasteiger partial charge in [0, 0.05) is 33.7 Å². The number of Topliss-reactive ketones (excluding diaryl/α,β-unsaturated/α-hetero) is 1. The van der Waals surface area contributed by atoms with Crippen LogP contribution in [0.2, 0.25) is 0 Å². The molecule has 10 heteroatoms. The highest BCUT2D eigenvalue weighted by Crippen LogP contribution is 2.57. The van der Waals surface area contributed by atoms with Crippen molar-refractivity contribution in [2.24, 2.45) is 17.8 Å². The number of likely N-dealkylation sites (tertiary alicyclic amines) is 1. The fourth-order valence-corrected chi connectivity index (χ4v) is 7.84. The summed E-state index contributed by atoms with van der Waals surface area (Å²) in [7, 11) is 1.43. The zero-order valence-corrected chi connectivity index (χ0v) is 26.0. The first-order valence-electron chi connectivity index (χ1n) is 13.6. The van der Waals surface area contributed by atoms with E-state index in [-0.39, 0.29) is 53.6 Å². The van der Waals surface area contributed by atoms with Crippen LogP contribution in [0.15, 0.2) is 73.7 Å².